The molecule has 0 spiro atoms. The minimum Gasteiger partial charge on any atom is -0.464 e. The molecule has 456 valence electrons. The lowest BCUT2D eigenvalue weighted by atomic mass is 10.2. The summed E-state index contributed by atoms with van der Waals surface area (Å²) in [6.45, 7) is 11.3. The first-order chi connectivity index (χ1) is 42.5. The zero-order valence-electron chi connectivity index (χ0n) is 50.1. The number of hydrogen-bond acceptors (Lipinski definition) is 18. The van der Waals surface area contributed by atoms with Gasteiger partial charge in [0, 0.05) is 104 Å². The maximum Gasteiger partial charge on any atom is 0.356 e. The number of pyridine rings is 4. The van der Waals surface area contributed by atoms with Gasteiger partial charge in [0.15, 0.2) is 0 Å². The summed E-state index contributed by atoms with van der Waals surface area (Å²) in [6.07, 6.45) is 0. The minimum absolute atomic E-state index is 0.250. The second-order valence-electron chi connectivity index (χ2n) is 19.9. The van der Waals surface area contributed by atoms with Gasteiger partial charge in [-0.05, 0) is 70.8 Å². The Labute approximate surface area is 519 Å². The van der Waals surface area contributed by atoms with Crippen molar-refractivity contribution in [2.45, 2.75) is 51.1 Å². The molecule has 18 nitrogen and oxygen atoms in total. The molecule has 0 unspecified atom stereocenters. The Kier molecular flexibility index (Phi) is 30.6. The lowest BCUT2D eigenvalue weighted by molar-refractivity contribution is 0.0584. The van der Waals surface area contributed by atoms with E-state index in [-0.39, 0.29) is 17.1 Å². The number of esters is 4. The number of methoxy groups -OCH3 is 4. The van der Waals surface area contributed by atoms with Gasteiger partial charge in [-0.3, -0.25) is 14.7 Å². The lowest BCUT2D eigenvalue weighted by Gasteiger charge is -2.30. The third kappa shape index (κ3) is 25.6. The summed E-state index contributed by atoms with van der Waals surface area (Å²) >= 11 is 3.25. The standard InChI is InChI=1S/C42H46N6O6.C18H25N3.C8H8BrNO2/c1-52-40(49)37-20-10-17-34(43-37)29-46(23-25-47(27-32-13-6-4-7-14-32)30-35-18-11-21-38(44-35)41(50)53-2)24-26-48(28-33-15-8-5-9-16-33)31-36-19-12-22-39(45-36)42(51)54-3;1-3-7-17(8-4-1)15-20-13-11-19-12-14-21-16-18-9-5-2-6-10-18;1-12-8(11)7-4-2-3-6(5-9)10-7/h4-22H,23-31H2,1-3H3;1-10,19-21H,11-16H2;2-4H,5H2,1H3. The number of alkyl halides is 1. The molecule has 0 aliphatic rings. The third-order valence-corrected chi connectivity index (χ3v) is 13.9. The maximum atomic E-state index is 12.4. The molecule has 4 aromatic carbocycles. The second kappa shape index (κ2) is 39.3. The summed E-state index contributed by atoms with van der Waals surface area (Å²) in [5.41, 5.74) is 9.15. The number of carbonyl (C=O) groups excluding carboxylic acids is 4. The summed E-state index contributed by atoms with van der Waals surface area (Å²) in [5.74, 6) is -1.86. The number of ether oxygens (including phenoxy) is 4. The average Bonchev–Trinajstić information content (AvgIpc) is 3.69. The van der Waals surface area contributed by atoms with E-state index in [0.29, 0.717) is 69.9 Å². The fourth-order valence-corrected chi connectivity index (χ4v) is 9.21. The molecule has 19 heteroatoms. The molecule has 0 fully saturated rings. The number of benzene rings is 4. The van der Waals surface area contributed by atoms with E-state index in [1.807, 2.05) is 91.0 Å². The smallest absolute Gasteiger partial charge is 0.356 e. The topological polar surface area (TPSA) is 203 Å². The number of nitrogens with one attached hydrogen (secondary N) is 3. The van der Waals surface area contributed by atoms with Crippen molar-refractivity contribution in [3.05, 3.63) is 262 Å². The van der Waals surface area contributed by atoms with Gasteiger partial charge in [-0.15, -0.1) is 0 Å². The largest absolute Gasteiger partial charge is 0.464 e. The highest BCUT2D eigenvalue weighted by molar-refractivity contribution is 9.08. The number of rotatable bonds is 31. The second-order valence-corrected chi connectivity index (χ2v) is 20.5. The normalized spacial score (nSPS) is 10.8. The van der Waals surface area contributed by atoms with Crippen molar-refractivity contribution >= 4 is 39.8 Å². The first-order valence-corrected chi connectivity index (χ1v) is 29.9. The average molecular weight is 1240 g/mol. The van der Waals surface area contributed by atoms with E-state index in [9.17, 15) is 19.2 Å². The molecule has 0 saturated carbocycles. The van der Waals surface area contributed by atoms with E-state index < -0.39 is 23.9 Å². The molecule has 8 aromatic rings. The van der Waals surface area contributed by atoms with Crippen LogP contribution >= 0.6 is 15.9 Å². The molecule has 0 amide bonds. The SMILES string of the molecule is COC(=O)c1cccc(CBr)n1.COC(=O)c1cccc(CN(CCN(Cc2ccccc2)Cc2cccc(C(=O)OC)n2)CCN(Cc2ccccc2)Cc2cccc(C(=O)OC)n2)n1.c1ccc(CNCCNCCNCc2ccccc2)cc1. The Balaban J connectivity index is 0.000000296. The maximum absolute atomic E-state index is 12.4. The summed E-state index contributed by atoms with van der Waals surface area (Å²) in [4.78, 5) is 72.6. The Bertz CT molecular complexity index is 3120. The predicted octanol–water partition coefficient (Wildman–Crippen LogP) is 9.36. The van der Waals surface area contributed by atoms with Crippen LogP contribution in [0.2, 0.25) is 0 Å². The quantitative estimate of drug-likeness (QED) is 0.0160. The van der Waals surface area contributed by atoms with Crippen LogP contribution < -0.4 is 16.0 Å². The first-order valence-electron chi connectivity index (χ1n) is 28.7. The van der Waals surface area contributed by atoms with Gasteiger partial charge in [-0.1, -0.05) is 162 Å². The Morgan fingerprint density at radius 3 is 0.931 bits per heavy atom. The van der Waals surface area contributed by atoms with Gasteiger partial charge in [0.25, 0.3) is 0 Å². The number of carbonyl (C=O) groups is 4. The molecule has 0 atom stereocenters. The predicted molar refractivity (Wildman–Crippen MR) is 340 cm³/mol. The van der Waals surface area contributed by atoms with Crippen LogP contribution in [-0.2, 0) is 70.1 Å². The van der Waals surface area contributed by atoms with Gasteiger partial charge in [0.05, 0.1) is 51.2 Å². The van der Waals surface area contributed by atoms with E-state index in [0.717, 1.165) is 73.2 Å². The molecule has 4 aromatic heterocycles. The van der Waals surface area contributed by atoms with Crippen molar-refractivity contribution in [3.8, 4) is 0 Å². The van der Waals surface area contributed by atoms with Crippen LogP contribution in [0.3, 0.4) is 0 Å². The summed E-state index contributed by atoms with van der Waals surface area (Å²) < 4.78 is 19.3. The number of halogens is 1. The van der Waals surface area contributed by atoms with Crippen LogP contribution in [-0.4, -0.2) is 139 Å². The molecule has 0 aliphatic heterocycles. The number of aromatic nitrogens is 4. The zero-order valence-corrected chi connectivity index (χ0v) is 51.6. The van der Waals surface area contributed by atoms with E-state index in [2.05, 4.69) is 144 Å². The van der Waals surface area contributed by atoms with Crippen LogP contribution in [0.4, 0.5) is 0 Å². The monoisotopic (exact) mass is 1240 g/mol. The lowest BCUT2D eigenvalue weighted by Crippen LogP contribution is -2.39. The van der Waals surface area contributed by atoms with Crippen LogP contribution in [0.25, 0.3) is 0 Å². The van der Waals surface area contributed by atoms with Crippen molar-refractivity contribution in [3.63, 3.8) is 0 Å². The van der Waals surface area contributed by atoms with Gasteiger partial charge in [-0.25, -0.2) is 39.1 Å². The van der Waals surface area contributed by atoms with Crippen LogP contribution in [0.5, 0.6) is 0 Å². The van der Waals surface area contributed by atoms with Crippen LogP contribution in [0.1, 0.15) is 87.0 Å². The molecule has 8 rings (SSSR count). The zero-order chi connectivity index (χ0) is 61.7. The molecule has 0 radical (unpaired) electrons. The molecule has 0 saturated heterocycles. The van der Waals surface area contributed by atoms with Gasteiger partial charge < -0.3 is 34.9 Å². The third-order valence-electron chi connectivity index (χ3n) is 13.4. The molecular formula is C68H79BrN10O8. The van der Waals surface area contributed by atoms with Gasteiger partial charge >= 0.3 is 23.9 Å². The van der Waals surface area contributed by atoms with Crippen molar-refractivity contribution in [2.75, 3.05) is 80.8 Å². The number of hydrogen-bond donors (Lipinski definition) is 3. The summed E-state index contributed by atoms with van der Waals surface area (Å²) in [6, 6.07) is 62.8. The molecule has 0 aliphatic carbocycles. The van der Waals surface area contributed by atoms with E-state index in [1.54, 1.807) is 30.3 Å². The highest BCUT2D eigenvalue weighted by Gasteiger charge is 2.19. The van der Waals surface area contributed by atoms with Crippen molar-refractivity contribution < 1.29 is 38.1 Å². The first kappa shape index (κ1) is 67.7. The van der Waals surface area contributed by atoms with Crippen LogP contribution in [0, 0.1) is 0 Å². The molecular weight excluding hydrogens is 1160 g/mol. The van der Waals surface area contributed by atoms with Gasteiger partial charge in [0.2, 0.25) is 0 Å². The Morgan fingerprint density at radius 1 is 0.333 bits per heavy atom. The van der Waals surface area contributed by atoms with Crippen LogP contribution in [0.15, 0.2) is 194 Å². The van der Waals surface area contributed by atoms with Crippen molar-refractivity contribution in [1.29, 1.82) is 0 Å². The van der Waals surface area contributed by atoms with Gasteiger partial charge in [0.1, 0.15) is 22.8 Å². The summed E-state index contributed by atoms with van der Waals surface area (Å²) in [7, 11) is 5.38. The minimum atomic E-state index is -0.491. The van der Waals surface area contributed by atoms with E-state index in [1.165, 1.54) is 39.6 Å². The summed E-state index contributed by atoms with van der Waals surface area (Å²) in [5, 5.41) is 10.9. The van der Waals surface area contributed by atoms with Crippen molar-refractivity contribution in [2.24, 2.45) is 0 Å². The highest BCUT2D eigenvalue weighted by atomic mass is 79.9. The Morgan fingerprint density at radius 2 is 0.609 bits per heavy atom. The molecule has 87 heavy (non-hydrogen) atoms. The fourth-order valence-electron chi connectivity index (χ4n) is 8.90. The van der Waals surface area contributed by atoms with Crippen molar-refractivity contribution in [1.82, 2.24) is 50.6 Å². The highest BCUT2D eigenvalue weighted by Crippen LogP contribution is 2.15. The fraction of sp³-hybridized carbons (Fsp3) is 0.294. The molecule has 3 N–H and O–H groups in total. The van der Waals surface area contributed by atoms with E-state index in [4.69, 9.17) is 14.2 Å². The number of nitrogens with zero attached hydrogens (tertiary/aromatic N) is 7. The van der Waals surface area contributed by atoms with E-state index >= 15 is 0 Å². The molecule has 0 bridgehead atoms. The molecule has 4 heterocycles. The Hall–Kier alpha value is -8.40. The van der Waals surface area contributed by atoms with Gasteiger partial charge in [-0.2, -0.15) is 0 Å².